The summed E-state index contributed by atoms with van der Waals surface area (Å²) in [7, 11) is 0. The van der Waals surface area contributed by atoms with E-state index in [0.717, 1.165) is 19.3 Å². The van der Waals surface area contributed by atoms with Gasteiger partial charge < -0.3 is 15.1 Å². The van der Waals surface area contributed by atoms with Gasteiger partial charge in [-0.2, -0.15) is 0 Å². The fraction of sp³-hybridized carbons (Fsp3) is 0.600. The monoisotopic (exact) mass is 341 g/mol. The topological polar surface area (TPSA) is 52.7 Å². The van der Waals surface area contributed by atoms with Gasteiger partial charge in [0, 0.05) is 38.1 Å². The molecule has 1 heterocycles. The van der Waals surface area contributed by atoms with Crippen molar-refractivity contribution in [3.63, 3.8) is 0 Å². The minimum Gasteiger partial charge on any atom is -0.339 e. The van der Waals surface area contributed by atoms with Crippen molar-refractivity contribution in [3.05, 3.63) is 35.9 Å². The number of benzene rings is 1. The van der Waals surface area contributed by atoms with Crippen molar-refractivity contribution in [3.8, 4) is 0 Å². The Labute approximate surface area is 149 Å². The zero-order chi connectivity index (χ0) is 17.2. The van der Waals surface area contributed by atoms with E-state index in [2.05, 4.69) is 29.6 Å². The molecule has 1 N–H and O–H groups in total. The number of piperazine rings is 1. The van der Waals surface area contributed by atoms with Crippen molar-refractivity contribution >= 4 is 11.9 Å². The number of nitrogens with one attached hydrogen (secondary N) is 1. The maximum atomic E-state index is 12.7. The number of nitrogens with zero attached hydrogens (tertiary/aromatic N) is 2. The third-order valence-electron chi connectivity index (χ3n) is 5.60. The summed E-state index contributed by atoms with van der Waals surface area (Å²) in [4.78, 5) is 28.6. The first-order valence-electron chi connectivity index (χ1n) is 9.59. The quantitative estimate of drug-likeness (QED) is 0.893. The molecule has 2 aliphatic carbocycles. The maximum Gasteiger partial charge on any atom is 0.317 e. The van der Waals surface area contributed by atoms with E-state index >= 15 is 0 Å². The number of hydrogen-bond donors (Lipinski definition) is 1. The normalized spacial score (nSPS) is 21.8. The van der Waals surface area contributed by atoms with E-state index in [0.29, 0.717) is 38.0 Å². The number of hydrogen-bond acceptors (Lipinski definition) is 2. The van der Waals surface area contributed by atoms with Crippen molar-refractivity contribution in [2.75, 3.05) is 26.2 Å². The second-order valence-corrected chi connectivity index (χ2v) is 7.67. The molecular formula is C20H27N3O2. The van der Waals surface area contributed by atoms with Crippen molar-refractivity contribution in [1.82, 2.24) is 15.1 Å². The summed E-state index contributed by atoms with van der Waals surface area (Å²) < 4.78 is 0. The van der Waals surface area contributed by atoms with Crippen LogP contribution in [0.2, 0.25) is 0 Å². The van der Waals surface area contributed by atoms with Crippen LogP contribution in [0.15, 0.2) is 30.3 Å². The molecule has 1 aliphatic heterocycles. The molecule has 3 amide bonds. The number of carbonyl (C=O) groups is 2. The largest absolute Gasteiger partial charge is 0.339 e. The smallest absolute Gasteiger partial charge is 0.317 e. The lowest BCUT2D eigenvalue weighted by Gasteiger charge is -2.35. The number of urea groups is 1. The zero-order valence-electron chi connectivity index (χ0n) is 14.7. The highest BCUT2D eigenvalue weighted by molar-refractivity contribution is 5.81. The first-order valence-corrected chi connectivity index (χ1v) is 9.59. The molecule has 134 valence electrons. The van der Waals surface area contributed by atoms with Crippen molar-refractivity contribution in [2.24, 2.45) is 11.8 Å². The molecule has 4 rings (SSSR count). The first kappa shape index (κ1) is 16.4. The van der Waals surface area contributed by atoms with Crippen LogP contribution in [0.1, 0.15) is 31.2 Å². The lowest BCUT2D eigenvalue weighted by Crippen LogP contribution is -2.55. The molecule has 1 aromatic carbocycles. The van der Waals surface area contributed by atoms with Crippen LogP contribution in [0.5, 0.6) is 0 Å². The summed E-state index contributed by atoms with van der Waals surface area (Å²) >= 11 is 0. The van der Waals surface area contributed by atoms with Gasteiger partial charge in [0.15, 0.2) is 0 Å². The molecule has 3 fully saturated rings. The maximum absolute atomic E-state index is 12.7. The third kappa shape index (κ3) is 4.14. The van der Waals surface area contributed by atoms with E-state index in [1.165, 1.54) is 18.4 Å². The average molecular weight is 341 g/mol. The van der Waals surface area contributed by atoms with Gasteiger partial charge in [-0.05, 0) is 43.6 Å². The molecule has 0 spiro atoms. The molecule has 3 aliphatic rings. The Balaban J connectivity index is 1.29. The average Bonchev–Trinajstić information content (AvgIpc) is 3.54. The van der Waals surface area contributed by atoms with E-state index in [9.17, 15) is 9.59 Å². The van der Waals surface area contributed by atoms with Crippen LogP contribution < -0.4 is 5.32 Å². The summed E-state index contributed by atoms with van der Waals surface area (Å²) in [5, 5.41) is 3.26. The van der Waals surface area contributed by atoms with Crippen molar-refractivity contribution in [2.45, 2.75) is 38.1 Å². The molecule has 1 aromatic rings. The molecule has 0 aromatic heterocycles. The van der Waals surface area contributed by atoms with E-state index in [-0.39, 0.29) is 18.0 Å². The number of amides is 3. The Bertz CT molecular complexity index is 617. The number of rotatable bonds is 5. The molecule has 5 nitrogen and oxygen atoms in total. The van der Waals surface area contributed by atoms with Gasteiger partial charge in [-0.25, -0.2) is 4.79 Å². The highest BCUT2D eigenvalue weighted by Crippen LogP contribution is 2.34. The van der Waals surface area contributed by atoms with Crippen LogP contribution >= 0.6 is 0 Å². The molecule has 2 saturated carbocycles. The Kier molecular flexibility index (Phi) is 4.64. The highest BCUT2D eigenvalue weighted by Gasteiger charge is 2.36. The standard InChI is InChI=1S/C20H27N3O2/c24-19(17-8-9-17)22-10-12-23(13-11-22)20(25)21-18(16-6-7-16)14-15-4-2-1-3-5-15/h1-5,16-18H,6-14H2,(H,21,25). The summed E-state index contributed by atoms with van der Waals surface area (Å²) in [5.41, 5.74) is 1.28. The Morgan fingerprint density at radius 1 is 0.960 bits per heavy atom. The van der Waals surface area contributed by atoms with E-state index in [1.807, 2.05) is 15.9 Å². The minimum atomic E-state index is 0.0337. The fourth-order valence-corrected chi connectivity index (χ4v) is 3.67. The molecule has 5 heteroatoms. The van der Waals surface area contributed by atoms with Gasteiger partial charge in [0.05, 0.1) is 0 Å². The van der Waals surface area contributed by atoms with Crippen LogP contribution in [0.3, 0.4) is 0 Å². The van der Waals surface area contributed by atoms with Gasteiger partial charge in [-0.15, -0.1) is 0 Å². The summed E-state index contributed by atoms with van der Waals surface area (Å²) in [6.07, 6.45) is 5.41. The summed E-state index contributed by atoms with van der Waals surface area (Å²) in [6, 6.07) is 10.6. The van der Waals surface area contributed by atoms with E-state index in [4.69, 9.17) is 0 Å². The predicted molar refractivity (Wildman–Crippen MR) is 96.1 cm³/mol. The highest BCUT2D eigenvalue weighted by atomic mass is 16.2. The lowest BCUT2D eigenvalue weighted by atomic mass is 10.0. The SMILES string of the molecule is O=C(NC(Cc1ccccc1)C1CC1)N1CCN(C(=O)C2CC2)CC1. The van der Waals surface area contributed by atoms with Crippen LogP contribution in [-0.2, 0) is 11.2 Å². The van der Waals surface area contributed by atoms with E-state index in [1.54, 1.807) is 0 Å². The van der Waals surface area contributed by atoms with Crippen LogP contribution in [0.4, 0.5) is 4.79 Å². The van der Waals surface area contributed by atoms with Gasteiger partial charge in [-0.3, -0.25) is 4.79 Å². The van der Waals surface area contributed by atoms with Gasteiger partial charge in [0.25, 0.3) is 0 Å². The summed E-state index contributed by atoms with van der Waals surface area (Å²) in [5.74, 6) is 1.17. The first-order chi connectivity index (χ1) is 12.2. The molecule has 0 radical (unpaired) electrons. The van der Waals surface area contributed by atoms with Crippen LogP contribution in [0.25, 0.3) is 0 Å². The van der Waals surface area contributed by atoms with Crippen molar-refractivity contribution in [1.29, 1.82) is 0 Å². The fourth-order valence-electron chi connectivity index (χ4n) is 3.67. The van der Waals surface area contributed by atoms with Gasteiger partial charge in [0.1, 0.15) is 0 Å². The second kappa shape index (κ2) is 7.06. The summed E-state index contributed by atoms with van der Waals surface area (Å²) in [6.45, 7) is 2.64. The van der Waals surface area contributed by atoms with Crippen LogP contribution in [-0.4, -0.2) is 54.0 Å². The molecule has 25 heavy (non-hydrogen) atoms. The molecule has 1 unspecified atom stereocenters. The Hall–Kier alpha value is -2.04. The lowest BCUT2D eigenvalue weighted by molar-refractivity contribution is -0.133. The number of carbonyl (C=O) groups excluding carboxylic acids is 2. The minimum absolute atomic E-state index is 0.0337. The van der Waals surface area contributed by atoms with Gasteiger partial charge >= 0.3 is 6.03 Å². The Morgan fingerprint density at radius 2 is 1.60 bits per heavy atom. The second-order valence-electron chi connectivity index (χ2n) is 7.67. The van der Waals surface area contributed by atoms with Gasteiger partial charge in [-0.1, -0.05) is 30.3 Å². The van der Waals surface area contributed by atoms with Gasteiger partial charge in [0.2, 0.25) is 5.91 Å². The zero-order valence-corrected chi connectivity index (χ0v) is 14.7. The van der Waals surface area contributed by atoms with Crippen LogP contribution in [0, 0.1) is 11.8 Å². The molecule has 0 bridgehead atoms. The third-order valence-corrected chi connectivity index (χ3v) is 5.60. The predicted octanol–water partition coefficient (Wildman–Crippen LogP) is 2.27. The van der Waals surface area contributed by atoms with Crippen molar-refractivity contribution < 1.29 is 9.59 Å². The molecular weight excluding hydrogens is 314 g/mol. The molecule has 1 saturated heterocycles. The van der Waals surface area contributed by atoms with E-state index < -0.39 is 0 Å². The Morgan fingerprint density at radius 3 is 2.20 bits per heavy atom. The molecule has 1 atom stereocenters.